The fourth-order valence-electron chi connectivity index (χ4n) is 17.6. The van der Waals surface area contributed by atoms with Gasteiger partial charge in [-0.3, -0.25) is 57.8 Å². The van der Waals surface area contributed by atoms with E-state index in [0.29, 0.717) is 120 Å². The lowest BCUT2D eigenvalue weighted by atomic mass is 9.86. The smallest absolute Gasteiger partial charge is 0.235 e. The van der Waals surface area contributed by atoms with Crippen molar-refractivity contribution in [3.05, 3.63) is 168 Å². The Balaban J connectivity index is 0.000000141. The highest BCUT2D eigenvalue weighted by Crippen LogP contribution is 2.45. The first-order chi connectivity index (χ1) is 61.3. The molecule has 0 radical (unpaired) electrons. The number of hydrogen-bond donors (Lipinski definition) is 0. The van der Waals surface area contributed by atoms with Gasteiger partial charge in [0.1, 0.15) is 67.8 Å². The molecule has 4 unspecified atom stereocenters. The number of carbonyl (C=O) groups is 4. The van der Waals surface area contributed by atoms with Gasteiger partial charge in [0.05, 0.1) is 74.1 Å². The van der Waals surface area contributed by atoms with Crippen LogP contribution in [-0.4, -0.2) is 187 Å². The van der Waals surface area contributed by atoms with Gasteiger partial charge in [-0.05, 0) is 111 Å². The maximum Gasteiger partial charge on any atom is 0.235 e. The van der Waals surface area contributed by atoms with Gasteiger partial charge in [0.25, 0.3) is 0 Å². The Hall–Kier alpha value is -11.2. The van der Waals surface area contributed by atoms with Gasteiger partial charge in [0, 0.05) is 163 Å². The number of benzene rings is 4. The summed E-state index contributed by atoms with van der Waals surface area (Å²) in [5, 5.41) is 19.0. The van der Waals surface area contributed by atoms with Gasteiger partial charge in [-0.2, -0.15) is 20.4 Å². The third kappa shape index (κ3) is 23.1. The Morgan fingerprint density at radius 1 is 0.389 bits per heavy atom. The van der Waals surface area contributed by atoms with E-state index in [4.69, 9.17) is 39.3 Å². The third-order valence-electron chi connectivity index (χ3n) is 22.6. The normalized spacial score (nSPS) is 18.3. The van der Waals surface area contributed by atoms with E-state index in [2.05, 4.69) is 54.6 Å². The molecule has 8 aromatic heterocycles. The minimum Gasteiger partial charge on any atom is -0.461 e. The molecule has 0 spiro atoms. The Bertz CT molecular complexity index is 6690. The monoisotopic (exact) mass is 1880 g/mol. The Morgan fingerprint density at radius 2 is 0.664 bits per heavy atom. The molecule has 12 aromatic rings. The number of sulfone groups is 4. The summed E-state index contributed by atoms with van der Waals surface area (Å²) in [4.78, 5) is 70.0. The number of nitrogens with zero attached hydrogens (tertiary/aromatic N) is 12. The van der Waals surface area contributed by atoms with Crippen molar-refractivity contribution in [1.82, 2.24) is 59.1 Å². The highest BCUT2D eigenvalue weighted by atomic mass is 32.2. The highest BCUT2D eigenvalue weighted by Gasteiger charge is 2.49. The van der Waals surface area contributed by atoms with Crippen LogP contribution in [0.1, 0.15) is 196 Å². The van der Waals surface area contributed by atoms with Gasteiger partial charge in [0.15, 0.2) is 62.5 Å². The van der Waals surface area contributed by atoms with Crippen LogP contribution in [-0.2, 0) is 52.4 Å². The van der Waals surface area contributed by atoms with Gasteiger partial charge in [-0.1, -0.05) is 111 Å². The van der Waals surface area contributed by atoms with Crippen LogP contribution in [0, 0.1) is 33.0 Å². The minimum atomic E-state index is -3.03. The number of hydrogen-bond acceptors (Lipinski definition) is 24. The fraction of sp³-hybridized carbons (Fsp3) is 0.453. The van der Waals surface area contributed by atoms with Gasteiger partial charge in [-0.25, -0.2) is 51.2 Å². The summed E-state index contributed by atoms with van der Waals surface area (Å²) in [5.74, 6) is 1.65. The van der Waals surface area contributed by atoms with Crippen LogP contribution in [0.15, 0.2) is 146 Å². The van der Waals surface area contributed by atoms with E-state index in [1.54, 1.807) is 102 Å². The lowest BCUT2D eigenvalue weighted by Gasteiger charge is -2.37. The molecule has 1 aliphatic carbocycles. The largest absolute Gasteiger partial charge is 0.461 e. The van der Waals surface area contributed by atoms with Crippen LogP contribution in [0.3, 0.4) is 0 Å². The van der Waals surface area contributed by atoms with Crippen molar-refractivity contribution in [2.75, 3.05) is 46.0 Å². The molecule has 4 aromatic carbocycles. The molecule has 4 atom stereocenters. The van der Waals surface area contributed by atoms with Crippen molar-refractivity contribution in [2.45, 2.75) is 193 Å². The van der Waals surface area contributed by atoms with E-state index in [1.165, 1.54) is 52.5 Å². The number of fused-ring (bicyclic) bond motifs is 4. The summed E-state index contributed by atoms with van der Waals surface area (Å²) in [5.41, 5.74) is 10.5. The molecule has 131 heavy (non-hydrogen) atoms. The number of Topliss-reactive ketones (excluding diaryl/α,β-unsaturated/α-hetero) is 4. The van der Waals surface area contributed by atoms with Crippen LogP contribution < -0.4 is 18.9 Å². The second-order valence-corrected chi connectivity index (χ2v) is 47.1. The van der Waals surface area contributed by atoms with E-state index in [9.17, 15) is 70.4 Å². The number of aromatic nitrogens is 12. The van der Waals surface area contributed by atoms with Gasteiger partial charge >= 0.3 is 0 Å². The second kappa shape index (κ2) is 36.7. The van der Waals surface area contributed by atoms with Gasteiger partial charge in [0.2, 0.25) is 25.4 Å². The lowest BCUT2D eigenvalue weighted by molar-refractivity contribution is 0.0856. The summed E-state index contributed by atoms with van der Waals surface area (Å²) in [6.45, 7) is 28.2. The van der Waals surface area contributed by atoms with Crippen molar-refractivity contribution < 1.29 is 89.4 Å². The summed E-state index contributed by atoms with van der Waals surface area (Å²) in [7, 11) is -12.1. The van der Waals surface area contributed by atoms with E-state index in [-0.39, 0.29) is 112 Å². The molecule has 17 rings (SSSR count). The molecule has 696 valence electrons. The van der Waals surface area contributed by atoms with Crippen molar-refractivity contribution in [2.24, 2.45) is 33.0 Å². The average molecular weight is 1880 g/mol. The van der Waals surface area contributed by atoms with Crippen molar-refractivity contribution in [1.29, 1.82) is 0 Å². The van der Waals surface area contributed by atoms with Crippen LogP contribution in [0.5, 0.6) is 23.0 Å². The van der Waals surface area contributed by atoms with Crippen LogP contribution in [0.25, 0.3) is 89.2 Å². The summed E-state index contributed by atoms with van der Waals surface area (Å²) in [6.07, 6.45) is 3.01. The van der Waals surface area contributed by atoms with E-state index >= 15 is 0 Å². The quantitative estimate of drug-likeness (QED) is 0.0310. The SMILES string of the molecule is CC(C)Cn1nc(-c2cccc(OC(C)F)c2)c2ncc(C(=O)CC3(C)CS(=O)(=O)C3)cc21.CC(F)Oc1cccc(-c2nn(C(C)C)c3cc(C(=O)CC4(C)CS(=O)(=O)C4)cnc23)c1.CC(F)Oc1cccc(-c2nn(C3CC3)c3cc(C(=O)CC4(C)CS(=O)(=O)C4)cnc23)c1.CC(F)Oc1cccc(-c2nn(CC(C)(C)C)c3cc(C(=O)CC4(C)CS(=O)(=O)C4)cnc23)c1. The molecule has 36 heteroatoms. The highest BCUT2D eigenvalue weighted by molar-refractivity contribution is 7.93. The number of alkyl halides is 4. The Morgan fingerprint density at radius 3 is 0.954 bits per heavy atom. The molecule has 5 fully saturated rings. The number of pyridine rings is 4. The molecule has 0 bridgehead atoms. The fourth-order valence-corrected chi connectivity index (χ4v) is 26.6. The predicted octanol–water partition coefficient (Wildman–Crippen LogP) is 17.8. The number of rotatable bonds is 29. The second-order valence-electron chi connectivity index (χ2n) is 38.8. The van der Waals surface area contributed by atoms with E-state index < -0.39 is 86.4 Å². The lowest BCUT2D eigenvalue weighted by Crippen LogP contribution is -2.47. The first kappa shape index (κ1) is 95.8. The molecular weight excluding hydrogens is 1770 g/mol. The van der Waals surface area contributed by atoms with Crippen LogP contribution in [0.4, 0.5) is 17.6 Å². The maximum atomic E-state index is 13.4. The Labute approximate surface area is 758 Å². The molecule has 0 N–H and O–H groups in total. The maximum absolute atomic E-state index is 13.4. The molecule has 4 saturated heterocycles. The van der Waals surface area contributed by atoms with Crippen molar-refractivity contribution in [3.8, 4) is 68.0 Å². The zero-order chi connectivity index (χ0) is 94.8. The van der Waals surface area contributed by atoms with Gasteiger partial charge in [-0.15, -0.1) is 0 Å². The molecular formula is C95H108F4N12O16S4. The topological polar surface area (TPSA) is 365 Å². The molecule has 4 aliphatic heterocycles. The standard InChI is InChI=1S/C25H30FN3O4S.C24H28FN3O4S.C23H24FN3O4S.C23H26FN3O4S/c1-16(26)33-19-8-6-7-17(9-19)22-23-20(29(28-22)13-24(2,3)4)10-18(12-27-23)21(30)11-25(5)14-34(31,32)15-25;1-15(2)12-28-20-9-18(21(29)10-24(4)13-33(30,31)14-24)11-26-23(20)22(27-28)17-6-5-7-19(8-17)32-16(3)25;1-14(24)31-18-5-3-4-15(8-18)21-22-19(27(26-21)17-6-7-17)9-16(11-25-22)20(28)10-23(2)12-32(29,30)13-23;1-14(2)27-19-9-17(20(28)10-23(4)12-32(29,30)13-23)11-25-22(19)21(26-27)16-6-5-7-18(8-16)31-15(3)24/h6-10,12,16H,11,13-15H2,1-5H3;5-9,11,15-16H,10,12-14H2,1-4H3;3-5,8-9,11,14,17H,6-7,10,12-13H2,1-2H3;5-9,11,14-15H,10,12-13H2,1-4H3. The number of carbonyl (C=O) groups excluding carboxylic acids is 4. The third-order valence-corrected chi connectivity index (χ3v) is 31.7. The first-order valence-electron chi connectivity index (χ1n) is 43.4. The molecule has 1 saturated carbocycles. The molecule has 12 heterocycles. The zero-order valence-electron chi connectivity index (χ0n) is 75.8. The Kier molecular flexibility index (Phi) is 26.9. The predicted molar refractivity (Wildman–Crippen MR) is 492 cm³/mol. The van der Waals surface area contributed by atoms with Crippen molar-refractivity contribution in [3.63, 3.8) is 0 Å². The van der Waals surface area contributed by atoms with Crippen LogP contribution in [0.2, 0.25) is 0 Å². The summed E-state index contributed by atoms with van der Waals surface area (Å²) >= 11 is 0. The molecule has 0 amide bonds. The van der Waals surface area contributed by atoms with Crippen molar-refractivity contribution >= 4 is 107 Å². The van der Waals surface area contributed by atoms with E-state index in [1.807, 2.05) is 79.9 Å². The molecule has 28 nitrogen and oxygen atoms in total. The van der Waals surface area contributed by atoms with E-state index in [0.717, 1.165) is 46.1 Å². The number of ketones is 4. The minimum absolute atomic E-state index is 0.0120. The number of ether oxygens (including phenoxy) is 4. The zero-order valence-corrected chi connectivity index (χ0v) is 79.0. The van der Waals surface area contributed by atoms with Gasteiger partial charge < -0.3 is 18.9 Å². The summed E-state index contributed by atoms with van der Waals surface area (Å²) in [6, 6.07) is 35.5. The molecule has 5 aliphatic rings. The average Bonchev–Trinajstić information content (AvgIpc) is 1.66. The summed E-state index contributed by atoms with van der Waals surface area (Å²) < 4.78 is 174. The number of halogens is 4. The first-order valence-corrected chi connectivity index (χ1v) is 50.6. The van der Waals surface area contributed by atoms with Crippen LogP contribution >= 0.6 is 0 Å².